The Morgan fingerprint density at radius 1 is 1.17 bits per heavy atom. The average molecular weight is 417 g/mol. The third-order valence-corrected chi connectivity index (χ3v) is 4.49. The number of halogens is 3. The molecule has 1 amide bonds. The summed E-state index contributed by atoms with van der Waals surface area (Å²) in [5.41, 5.74) is -0.0536. The van der Waals surface area contributed by atoms with E-state index in [1.807, 2.05) is 24.3 Å². The van der Waals surface area contributed by atoms with Crippen LogP contribution < -0.4 is 14.8 Å². The minimum atomic E-state index is -4.45. The van der Waals surface area contributed by atoms with Gasteiger partial charge in [0.05, 0.1) is 30.4 Å². The van der Waals surface area contributed by atoms with E-state index in [1.54, 1.807) is 10.9 Å². The molecule has 0 bridgehead atoms. The number of carbonyl (C=O) groups is 1. The lowest BCUT2D eigenvalue weighted by molar-refractivity contribution is -0.137. The molecule has 0 saturated heterocycles. The number of hydrogen-bond acceptors (Lipinski definition) is 4. The molecule has 156 valence electrons. The van der Waals surface area contributed by atoms with E-state index in [-0.39, 0.29) is 18.1 Å². The molecule has 0 radical (unpaired) electrons. The van der Waals surface area contributed by atoms with Gasteiger partial charge in [0.25, 0.3) is 0 Å². The maximum atomic E-state index is 12.8. The fourth-order valence-corrected chi connectivity index (χ4v) is 3.14. The Balaban J connectivity index is 1.33. The summed E-state index contributed by atoms with van der Waals surface area (Å²) in [5.74, 6) is 0.923. The molecule has 2 heterocycles. The first-order valence-corrected chi connectivity index (χ1v) is 9.24. The molecule has 0 unspecified atom stereocenters. The Kier molecular flexibility index (Phi) is 5.35. The molecule has 2 aromatic carbocycles. The molecular formula is C21H18F3N3O3. The van der Waals surface area contributed by atoms with Crippen LogP contribution in [0.15, 0.2) is 60.9 Å². The lowest BCUT2D eigenvalue weighted by atomic mass is 10.1. The molecule has 6 nitrogen and oxygen atoms in total. The predicted octanol–water partition coefficient (Wildman–Crippen LogP) is 3.92. The van der Waals surface area contributed by atoms with Crippen LogP contribution in [0.2, 0.25) is 0 Å². The molecule has 3 aromatic rings. The number of nitrogens with one attached hydrogen (secondary N) is 1. The lowest BCUT2D eigenvalue weighted by Crippen LogP contribution is -2.33. The van der Waals surface area contributed by atoms with E-state index in [2.05, 4.69) is 10.4 Å². The average Bonchev–Trinajstić information content (AvgIpc) is 3.14. The van der Waals surface area contributed by atoms with Crippen LogP contribution in [0.25, 0.3) is 0 Å². The van der Waals surface area contributed by atoms with E-state index in [0.29, 0.717) is 30.3 Å². The lowest BCUT2D eigenvalue weighted by Gasteiger charge is -2.26. The van der Waals surface area contributed by atoms with Crippen LogP contribution in [0.3, 0.4) is 0 Å². The van der Waals surface area contributed by atoms with Gasteiger partial charge >= 0.3 is 6.18 Å². The molecule has 4 rings (SSSR count). The van der Waals surface area contributed by atoms with E-state index in [0.717, 1.165) is 12.1 Å². The van der Waals surface area contributed by atoms with Crippen LogP contribution in [-0.2, 0) is 23.9 Å². The number of ether oxygens (including phenoxy) is 2. The molecule has 9 heteroatoms. The first-order valence-electron chi connectivity index (χ1n) is 9.24. The molecule has 1 aromatic heterocycles. The van der Waals surface area contributed by atoms with Crippen molar-refractivity contribution in [3.8, 4) is 11.5 Å². The molecule has 0 spiro atoms. The molecule has 0 saturated carbocycles. The number of fused-ring (bicyclic) bond motifs is 1. The summed E-state index contributed by atoms with van der Waals surface area (Å²) in [6, 6.07) is 12.1. The Labute approximate surface area is 170 Å². The van der Waals surface area contributed by atoms with Crippen molar-refractivity contribution < 1.29 is 27.4 Å². The summed E-state index contributed by atoms with van der Waals surface area (Å²) in [5, 5.41) is 6.84. The Bertz CT molecular complexity index is 1050. The molecule has 0 fully saturated rings. The minimum absolute atomic E-state index is 0.175. The first kappa shape index (κ1) is 19.8. The molecule has 0 aliphatic carbocycles. The summed E-state index contributed by atoms with van der Waals surface area (Å²) < 4.78 is 51.6. The van der Waals surface area contributed by atoms with Gasteiger partial charge in [0.15, 0.2) is 17.6 Å². The zero-order valence-corrected chi connectivity index (χ0v) is 15.7. The van der Waals surface area contributed by atoms with Gasteiger partial charge < -0.3 is 14.8 Å². The number of rotatable bonds is 5. The zero-order valence-electron chi connectivity index (χ0n) is 15.7. The number of nitrogens with zero attached hydrogens (tertiary/aromatic N) is 2. The van der Waals surface area contributed by atoms with Crippen LogP contribution in [0.4, 0.5) is 18.9 Å². The van der Waals surface area contributed by atoms with Gasteiger partial charge in [-0.1, -0.05) is 30.3 Å². The highest BCUT2D eigenvalue weighted by Gasteiger charge is 2.30. The third-order valence-electron chi connectivity index (χ3n) is 4.49. The highest BCUT2D eigenvalue weighted by molar-refractivity contribution is 5.92. The highest BCUT2D eigenvalue weighted by atomic mass is 19.4. The SMILES string of the molecule is O=C(Cc1cccc(C(F)(F)F)c1)Nc1cnn(C[C@@H]2COc3ccccc3O2)c1. The van der Waals surface area contributed by atoms with Gasteiger partial charge in [-0.2, -0.15) is 18.3 Å². The molecule has 30 heavy (non-hydrogen) atoms. The minimum Gasteiger partial charge on any atom is -0.486 e. The van der Waals surface area contributed by atoms with E-state index < -0.39 is 17.6 Å². The highest BCUT2D eigenvalue weighted by Crippen LogP contribution is 2.31. The van der Waals surface area contributed by atoms with Crippen LogP contribution >= 0.6 is 0 Å². The van der Waals surface area contributed by atoms with Crippen molar-refractivity contribution in [2.75, 3.05) is 11.9 Å². The van der Waals surface area contributed by atoms with Crippen molar-refractivity contribution in [1.29, 1.82) is 0 Å². The van der Waals surface area contributed by atoms with Gasteiger partial charge in [-0.25, -0.2) is 0 Å². The van der Waals surface area contributed by atoms with Crippen molar-refractivity contribution >= 4 is 11.6 Å². The Hall–Kier alpha value is -3.49. The zero-order chi connectivity index (χ0) is 21.1. The van der Waals surface area contributed by atoms with Crippen molar-refractivity contribution in [2.45, 2.75) is 25.2 Å². The van der Waals surface area contributed by atoms with Crippen LogP contribution in [-0.4, -0.2) is 28.4 Å². The molecule has 1 aliphatic rings. The van der Waals surface area contributed by atoms with Crippen molar-refractivity contribution in [2.24, 2.45) is 0 Å². The van der Waals surface area contributed by atoms with E-state index >= 15 is 0 Å². The maximum absolute atomic E-state index is 12.8. The number of alkyl halides is 3. The Morgan fingerprint density at radius 3 is 2.77 bits per heavy atom. The summed E-state index contributed by atoms with van der Waals surface area (Å²) in [6.45, 7) is 0.784. The number of para-hydroxylation sites is 2. The number of carbonyl (C=O) groups excluding carboxylic acids is 1. The van der Waals surface area contributed by atoms with Crippen molar-refractivity contribution in [3.05, 3.63) is 72.1 Å². The molecular weight excluding hydrogens is 399 g/mol. The van der Waals surface area contributed by atoms with Crippen LogP contribution in [0.1, 0.15) is 11.1 Å². The Morgan fingerprint density at radius 2 is 1.97 bits per heavy atom. The normalized spacial score (nSPS) is 15.6. The van der Waals surface area contributed by atoms with Gasteiger partial charge in [-0.15, -0.1) is 0 Å². The second-order valence-corrected chi connectivity index (χ2v) is 6.87. The first-order chi connectivity index (χ1) is 14.4. The topological polar surface area (TPSA) is 65.4 Å². The van der Waals surface area contributed by atoms with Crippen molar-refractivity contribution in [1.82, 2.24) is 9.78 Å². The van der Waals surface area contributed by atoms with E-state index in [9.17, 15) is 18.0 Å². The smallest absolute Gasteiger partial charge is 0.416 e. The van der Waals surface area contributed by atoms with Gasteiger partial charge in [0, 0.05) is 6.20 Å². The molecule has 1 aliphatic heterocycles. The van der Waals surface area contributed by atoms with Gasteiger partial charge in [-0.3, -0.25) is 9.48 Å². The number of aromatic nitrogens is 2. The number of anilines is 1. The van der Waals surface area contributed by atoms with Crippen LogP contribution in [0.5, 0.6) is 11.5 Å². The fourth-order valence-electron chi connectivity index (χ4n) is 3.14. The number of hydrogen-bond donors (Lipinski definition) is 1. The monoisotopic (exact) mass is 417 g/mol. The van der Waals surface area contributed by atoms with E-state index in [4.69, 9.17) is 9.47 Å². The van der Waals surface area contributed by atoms with Crippen molar-refractivity contribution in [3.63, 3.8) is 0 Å². The second kappa shape index (κ2) is 8.10. The quantitative estimate of drug-likeness (QED) is 0.684. The maximum Gasteiger partial charge on any atom is 0.416 e. The summed E-state index contributed by atoms with van der Waals surface area (Å²) in [7, 11) is 0. The van der Waals surface area contributed by atoms with Gasteiger partial charge in [0.2, 0.25) is 5.91 Å². The summed E-state index contributed by atoms with van der Waals surface area (Å²) in [4.78, 5) is 12.2. The summed E-state index contributed by atoms with van der Waals surface area (Å²) >= 11 is 0. The third kappa shape index (κ3) is 4.73. The fraction of sp³-hybridized carbons (Fsp3) is 0.238. The predicted molar refractivity (Wildman–Crippen MR) is 102 cm³/mol. The largest absolute Gasteiger partial charge is 0.486 e. The molecule has 1 atom stereocenters. The standard InChI is InChI=1S/C21H18F3N3O3/c22-21(23,24)15-5-3-4-14(8-15)9-20(28)26-16-10-25-27(11-16)12-17-13-29-18-6-1-2-7-19(18)30-17/h1-8,10-11,17H,9,12-13H2,(H,26,28)/t17-/m1/s1. The van der Waals surface area contributed by atoms with Gasteiger partial charge in [-0.05, 0) is 23.8 Å². The second-order valence-electron chi connectivity index (χ2n) is 6.87. The summed E-state index contributed by atoms with van der Waals surface area (Å²) in [6.07, 6.45) is -1.76. The van der Waals surface area contributed by atoms with Gasteiger partial charge in [0.1, 0.15) is 6.61 Å². The number of amides is 1. The van der Waals surface area contributed by atoms with Crippen LogP contribution in [0, 0.1) is 0 Å². The molecule has 1 N–H and O–H groups in total. The number of benzene rings is 2. The van der Waals surface area contributed by atoms with E-state index in [1.165, 1.54) is 18.3 Å².